The van der Waals surface area contributed by atoms with Crippen molar-refractivity contribution in [1.29, 1.82) is 0 Å². The van der Waals surface area contributed by atoms with Crippen LogP contribution in [0.15, 0.2) is 36.7 Å². The normalized spacial score (nSPS) is 12.0. The Bertz CT molecular complexity index is 572. The van der Waals surface area contributed by atoms with Gasteiger partial charge in [0.1, 0.15) is 11.6 Å². The van der Waals surface area contributed by atoms with Gasteiger partial charge in [-0.2, -0.15) is 0 Å². The number of para-hydroxylation sites is 1. The van der Waals surface area contributed by atoms with Gasteiger partial charge in [-0.25, -0.2) is 4.98 Å². The van der Waals surface area contributed by atoms with Gasteiger partial charge in [0.05, 0.1) is 31.8 Å². The summed E-state index contributed by atoms with van der Waals surface area (Å²) in [4.78, 5) is 10.6. The molecule has 112 valence electrons. The maximum atomic E-state index is 9.00. The van der Waals surface area contributed by atoms with Crippen LogP contribution < -0.4 is 9.64 Å². The van der Waals surface area contributed by atoms with Crippen LogP contribution in [-0.2, 0) is 13.0 Å². The molecule has 1 unspecified atom stereocenters. The summed E-state index contributed by atoms with van der Waals surface area (Å²) >= 11 is 0. The molecular weight excluding hydrogens is 266 g/mol. The molecule has 1 heterocycles. The zero-order valence-corrected chi connectivity index (χ0v) is 12.7. The van der Waals surface area contributed by atoms with Crippen molar-refractivity contribution in [3.63, 3.8) is 0 Å². The molecule has 2 rings (SSSR count). The number of methoxy groups -OCH3 is 1. The van der Waals surface area contributed by atoms with Crippen molar-refractivity contribution in [2.75, 3.05) is 19.1 Å². The van der Waals surface area contributed by atoms with E-state index in [0.717, 1.165) is 18.0 Å². The van der Waals surface area contributed by atoms with Crippen LogP contribution in [0.1, 0.15) is 18.2 Å². The SMILES string of the molecule is COc1ccccc1CC(C)N(C)c1cnc(CO)cn1. The minimum atomic E-state index is -0.0895. The number of aliphatic hydroxyl groups is 1. The van der Waals surface area contributed by atoms with E-state index in [-0.39, 0.29) is 12.6 Å². The molecule has 0 aliphatic heterocycles. The van der Waals surface area contributed by atoms with Crippen molar-refractivity contribution in [3.05, 3.63) is 47.9 Å². The van der Waals surface area contributed by atoms with E-state index < -0.39 is 0 Å². The molecule has 0 aliphatic rings. The summed E-state index contributed by atoms with van der Waals surface area (Å²) in [6, 6.07) is 8.27. The summed E-state index contributed by atoms with van der Waals surface area (Å²) in [6.07, 6.45) is 4.13. The van der Waals surface area contributed by atoms with Crippen LogP contribution in [-0.4, -0.2) is 35.3 Å². The first-order valence-electron chi connectivity index (χ1n) is 6.92. The highest BCUT2D eigenvalue weighted by Gasteiger charge is 2.14. The van der Waals surface area contributed by atoms with Gasteiger partial charge in [0.15, 0.2) is 0 Å². The number of aliphatic hydroxyl groups excluding tert-OH is 1. The van der Waals surface area contributed by atoms with Crippen LogP contribution in [0.5, 0.6) is 5.75 Å². The number of anilines is 1. The summed E-state index contributed by atoms with van der Waals surface area (Å²) < 4.78 is 5.39. The second-order valence-electron chi connectivity index (χ2n) is 5.00. The van der Waals surface area contributed by atoms with Crippen LogP contribution in [0.25, 0.3) is 0 Å². The first-order valence-corrected chi connectivity index (χ1v) is 6.92. The smallest absolute Gasteiger partial charge is 0.147 e. The molecule has 1 aromatic heterocycles. The predicted octanol–water partition coefficient (Wildman–Crippen LogP) is 2.04. The van der Waals surface area contributed by atoms with Gasteiger partial charge in [0.25, 0.3) is 0 Å². The van der Waals surface area contributed by atoms with Crippen LogP contribution >= 0.6 is 0 Å². The van der Waals surface area contributed by atoms with Gasteiger partial charge in [-0.15, -0.1) is 0 Å². The molecule has 0 fully saturated rings. The quantitative estimate of drug-likeness (QED) is 0.881. The van der Waals surface area contributed by atoms with Gasteiger partial charge in [0.2, 0.25) is 0 Å². The molecule has 0 spiro atoms. The largest absolute Gasteiger partial charge is 0.496 e. The minimum absolute atomic E-state index is 0.0895. The van der Waals surface area contributed by atoms with Gasteiger partial charge in [-0.3, -0.25) is 4.98 Å². The van der Waals surface area contributed by atoms with Crippen molar-refractivity contribution in [2.45, 2.75) is 26.0 Å². The van der Waals surface area contributed by atoms with E-state index in [1.54, 1.807) is 19.5 Å². The summed E-state index contributed by atoms with van der Waals surface area (Å²) in [5, 5.41) is 9.00. The fourth-order valence-electron chi connectivity index (χ4n) is 2.16. The van der Waals surface area contributed by atoms with Gasteiger partial charge >= 0.3 is 0 Å². The molecule has 0 amide bonds. The lowest BCUT2D eigenvalue weighted by atomic mass is 10.1. The molecule has 21 heavy (non-hydrogen) atoms. The van der Waals surface area contributed by atoms with Gasteiger partial charge in [-0.05, 0) is 25.0 Å². The van der Waals surface area contributed by atoms with Crippen LogP contribution in [0.3, 0.4) is 0 Å². The Kier molecular flexibility index (Phi) is 5.11. The summed E-state index contributed by atoms with van der Waals surface area (Å²) in [5.74, 6) is 1.69. The van der Waals surface area contributed by atoms with E-state index >= 15 is 0 Å². The van der Waals surface area contributed by atoms with Crippen molar-refractivity contribution < 1.29 is 9.84 Å². The van der Waals surface area contributed by atoms with Gasteiger partial charge in [0, 0.05) is 13.1 Å². The fraction of sp³-hybridized carbons (Fsp3) is 0.375. The number of hydrogen-bond acceptors (Lipinski definition) is 5. The first kappa shape index (κ1) is 15.3. The minimum Gasteiger partial charge on any atom is -0.496 e. The lowest BCUT2D eigenvalue weighted by Gasteiger charge is -2.26. The molecule has 0 saturated carbocycles. The number of ether oxygens (including phenoxy) is 1. The first-order chi connectivity index (χ1) is 10.2. The lowest BCUT2D eigenvalue weighted by Crippen LogP contribution is -2.31. The van der Waals surface area contributed by atoms with E-state index in [9.17, 15) is 0 Å². The Morgan fingerprint density at radius 2 is 2.00 bits per heavy atom. The highest BCUT2D eigenvalue weighted by molar-refractivity contribution is 5.39. The molecule has 5 heteroatoms. The summed E-state index contributed by atoms with van der Waals surface area (Å²) in [6.45, 7) is 2.04. The van der Waals surface area contributed by atoms with Crippen molar-refractivity contribution in [3.8, 4) is 5.75 Å². The van der Waals surface area contributed by atoms with E-state index in [1.165, 1.54) is 5.56 Å². The number of aromatic nitrogens is 2. The average molecular weight is 287 g/mol. The monoisotopic (exact) mass is 287 g/mol. The molecule has 1 N–H and O–H groups in total. The van der Waals surface area contributed by atoms with E-state index in [2.05, 4.69) is 27.9 Å². The van der Waals surface area contributed by atoms with Crippen molar-refractivity contribution >= 4 is 5.82 Å². The number of nitrogens with zero attached hydrogens (tertiary/aromatic N) is 3. The molecular formula is C16H21N3O2. The van der Waals surface area contributed by atoms with E-state index in [4.69, 9.17) is 9.84 Å². The zero-order valence-electron chi connectivity index (χ0n) is 12.7. The number of hydrogen-bond donors (Lipinski definition) is 1. The van der Waals surface area contributed by atoms with Crippen LogP contribution in [0.2, 0.25) is 0 Å². The molecule has 0 aliphatic carbocycles. The Morgan fingerprint density at radius 1 is 1.24 bits per heavy atom. The summed E-state index contributed by atoms with van der Waals surface area (Å²) in [7, 11) is 3.68. The number of benzene rings is 1. The zero-order chi connectivity index (χ0) is 15.2. The average Bonchev–Trinajstić information content (AvgIpc) is 2.54. The molecule has 2 aromatic rings. The lowest BCUT2D eigenvalue weighted by molar-refractivity contribution is 0.276. The molecule has 0 radical (unpaired) electrons. The summed E-state index contributed by atoms with van der Waals surface area (Å²) in [5.41, 5.74) is 1.74. The maximum absolute atomic E-state index is 9.00. The van der Waals surface area contributed by atoms with Crippen molar-refractivity contribution in [1.82, 2.24) is 9.97 Å². The standard InChI is InChI=1S/C16H21N3O2/c1-12(8-13-6-4-5-7-15(13)21-3)19(2)16-10-17-14(11-20)9-18-16/h4-7,9-10,12,20H,8,11H2,1-3H3. The Labute approximate surface area is 125 Å². The third-order valence-corrected chi connectivity index (χ3v) is 3.58. The Balaban J connectivity index is 2.09. The topological polar surface area (TPSA) is 58.5 Å². The number of rotatable bonds is 6. The molecule has 5 nitrogen and oxygen atoms in total. The highest BCUT2D eigenvalue weighted by atomic mass is 16.5. The molecule has 0 saturated heterocycles. The van der Waals surface area contributed by atoms with Crippen LogP contribution in [0.4, 0.5) is 5.82 Å². The fourth-order valence-corrected chi connectivity index (χ4v) is 2.16. The van der Waals surface area contributed by atoms with Gasteiger partial charge < -0.3 is 14.7 Å². The Morgan fingerprint density at radius 3 is 2.62 bits per heavy atom. The molecule has 1 atom stereocenters. The highest BCUT2D eigenvalue weighted by Crippen LogP contribution is 2.21. The second-order valence-corrected chi connectivity index (χ2v) is 5.00. The van der Waals surface area contributed by atoms with E-state index in [1.807, 2.05) is 25.2 Å². The molecule has 1 aromatic carbocycles. The third-order valence-electron chi connectivity index (χ3n) is 3.58. The van der Waals surface area contributed by atoms with E-state index in [0.29, 0.717) is 5.69 Å². The maximum Gasteiger partial charge on any atom is 0.147 e. The third kappa shape index (κ3) is 3.70. The molecule has 0 bridgehead atoms. The Hall–Kier alpha value is -2.14. The van der Waals surface area contributed by atoms with Crippen LogP contribution in [0, 0.1) is 0 Å². The second kappa shape index (κ2) is 7.04. The van der Waals surface area contributed by atoms with Gasteiger partial charge in [-0.1, -0.05) is 18.2 Å². The number of likely N-dealkylation sites (N-methyl/N-ethyl adjacent to an activating group) is 1. The predicted molar refractivity (Wildman–Crippen MR) is 82.5 cm³/mol. The van der Waals surface area contributed by atoms with Crippen molar-refractivity contribution in [2.24, 2.45) is 0 Å².